The summed E-state index contributed by atoms with van der Waals surface area (Å²) in [5.41, 5.74) is -0.159. The Morgan fingerprint density at radius 1 is 1.37 bits per heavy atom. The van der Waals surface area contributed by atoms with Gasteiger partial charge in [0.25, 0.3) is 0 Å². The number of aromatic nitrogens is 1. The topological polar surface area (TPSA) is 51.6 Å². The third-order valence-corrected chi connectivity index (χ3v) is 3.68. The van der Waals surface area contributed by atoms with Gasteiger partial charge in [-0.1, -0.05) is 12.8 Å². The van der Waals surface area contributed by atoms with Gasteiger partial charge in [0, 0.05) is 18.9 Å². The molecule has 1 aromatic heterocycles. The highest BCUT2D eigenvalue weighted by atomic mass is 16.5. The molecule has 1 aromatic rings. The molecule has 0 radical (unpaired) electrons. The molecule has 0 spiro atoms. The molecule has 1 fully saturated rings. The Morgan fingerprint density at radius 3 is 2.84 bits per heavy atom. The summed E-state index contributed by atoms with van der Waals surface area (Å²) in [5, 5.41) is 10.9. The van der Waals surface area contributed by atoms with Gasteiger partial charge in [0.2, 0.25) is 0 Å². The summed E-state index contributed by atoms with van der Waals surface area (Å²) in [4.78, 5) is 4.19. The monoisotopic (exact) mass is 265 g/mol. The zero-order chi connectivity index (χ0) is 13.9. The molecule has 4 nitrogen and oxygen atoms in total. The Balaban J connectivity index is 2.28. The van der Waals surface area contributed by atoms with E-state index < -0.39 is 5.60 Å². The first-order valence-electron chi connectivity index (χ1n) is 6.93. The lowest BCUT2D eigenvalue weighted by molar-refractivity contribution is -0.122. The van der Waals surface area contributed by atoms with Crippen molar-refractivity contribution in [1.29, 1.82) is 0 Å². The van der Waals surface area contributed by atoms with Gasteiger partial charge in [-0.15, -0.1) is 0 Å². The fourth-order valence-corrected chi connectivity index (χ4v) is 2.76. The van der Waals surface area contributed by atoms with Crippen LogP contribution in [0.3, 0.4) is 0 Å². The van der Waals surface area contributed by atoms with Gasteiger partial charge in [-0.25, -0.2) is 0 Å². The van der Waals surface area contributed by atoms with Crippen LogP contribution in [-0.4, -0.2) is 29.4 Å². The molecule has 2 atom stereocenters. The van der Waals surface area contributed by atoms with Crippen molar-refractivity contribution in [2.75, 3.05) is 7.11 Å². The average Bonchev–Trinajstić information content (AvgIpc) is 2.39. The molecule has 0 saturated heterocycles. The summed E-state index contributed by atoms with van der Waals surface area (Å²) in [6.07, 6.45) is 7.00. The van der Waals surface area contributed by atoms with Gasteiger partial charge in [-0.05, 0) is 32.8 Å². The van der Waals surface area contributed by atoms with Gasteiger partial charge >= 0.3 is 0 Å². The zero-order valence-corrected chi connectivity index (χ0v) is 11.9. The van der Waals surface area contributed by atoms with Crippen molar-refractivity contribution in [2.24, 2.45) is 0 Å². The molecular formula is C15H23NO3. The van der Waals surface area contributed by atoms with E-state index in [-0.39, 0.29) is 12.2 Å². The van der Waals surface area contributed by atoms with Crippen LogP contribution in [0.1, 0.15) is 45.1 Å². The number of aliphatic hydroxyl groups is 1. The van der Waals surface area contributed by atoms with Crippen LogP contribution < -0.4 is 4.74 Å². The van der Waals surface area contributed by atoms with E-state index in [0.29, 0.717) is 12.2 Å². The molecule has 1 aliphatic carbocycles. The lowest BCUT2D eigenvalue weighted by atomic mass is 9.78. The average molecular weight is 265 g/mol. The van der Waals surface area contributed by atoms with Crippen LogP contribution in [0.2, 0.25) is 0 Å². The van der Waals surface area contributed by atoms with Crippen LogP contribution in [0.5, 0.6) is 5.75 Å². The lowest BCUT2D eigenvalue weighted by Gasteiger charge is -2.39. The molecule has 0 bridgehead atoms. The predicted octanol–water partition coefficient (Wildman–Crippen LogP) is 2.65. The molecule has 1 N–H and O–H groups in total. The summed E-state index contributed by atoms with van der Waals surface area (Å²) in [7, 11) is 1.66. The van der Waals surface area contributed by atoms with E-state index in [1.807, 2.05) is 19.9 Å². The summed E-state index contributed by atoms with van der Waals surface area (Å²) in [5.74, 6) is 0.696. The third-order valence-electron chi connectivity index (χ3n) is 3.68. The molecule has 4 heteroatoms. The standard InChI is InChI=1S/C15H23NO3/c1-11(2)19-13-8-12(9-16-10-13)15(17)7-5-4-6-14(15)18-3/h8-11,14,17H,4-7H2,1-3H3. The van der Waals surface area contributed by atoms with Gasteiger partial charge in [-0.3, -0.25) is 4.98 Å². The van der Waals surface area contributed by atoms with Crippen LogP contribution in [0.4, 0.5) is 0 Å². The Bertz CT molecular complexity index is 422. The Hall–Kier alpha value is -1.13. The van der Waals surface area contributed by atoms with Crippen molar-refractivity contribution in [3.8, 4) is 5.75 Å². The molecule has 1 saturated carbocycles. The predicted molar refractivity (Wildman–Crippen MR) is 73.2 cm³/mol. The van der Waals surface area contributed by atoms with Crippen LogP contribution >= 0.6 is 0 Å². The molecule has 1 aliphatic rings. The number of rotatable bonds is 4. The maximum atomic E-state index is 10.9. The highest BCUT2D eigenvalue weighted by Gasteiger charge is 2.41. The van der Waals surface area contributed by atoms with Gasteiger partial charge in [0.15, 0.2) is 0 Å². The summed E-state index contributed by atoms with van der Waals surface area (Å²) >= 11 is 0. The largest absolute Gasteiger partial charge is 0.489 e. The molecule has 1 heterocycles. The highest BCUT2D eigenvalue weighted by Crippen LogP contribution is 2.39. The molecule has 19 heavy (non-hydrogen) atoms. The first-order valence-corrected chi connectivity index (χ1v) is 6.93. The van der Waals surface area contributed by atoms with Crippen LogP contribution in [-0.2, 0) is 10.3 Å². The van der Waals surface area contributed by atoms with Gasteiger partial charge < -0.3 is 14.6 Å². The van der Waals surface area contributed by atoms with Crippen LogP contribution in [0.15, 0.2) is 18.5 Å². The fourth-order valence-electron chi connectivity index (χ4n) is 2.76. The van der Waals surface area contributed by atoms with Gasteiger partial charge in [0.05, 0.1) is 18.4 Å². The number of nitrogens with zero attached hydrogens (tertiary/aromatic N) is 1. The second-order valence-corrected chi connectivity index (χ2v) is 5.47. The van der Waals surface area contributed by atoms with E-state index in [4.69, 9.17) is 9.47 Å². The number of ether oxygens (including phenoxy) is 2. The van der Waals surface area contributed by atoms with E-state index in [2.05, 4.69) is 4.98 Å². The fraction of sp³-hybridized carbons (Fsp3) is 0.667. The lowest BCUT2D eigenvalue weighted by Crippen LogP contribution is -2.43. The second kappa shape index (κ2) is 5.88. The van der Waals surface area contributed by atoms with Crippen molar-refractivity contribution >= 4 is 0 Å². The van der Waals surface area contributed by atoms with Crippen molar-refractivity contribution in [1.82, 2.24) is 4.98 Å². The van der Waals surface area contributed by atoms with E-state index in [0.717, 1.165) is 24.8 Å². The molecule has 106 valence electrons. The van der Waals surface area contributed by atoms with Gasteiger partial charge in [-0.2, -0.15) is 0 Å². The molecule has 0 aliphatic heterocycles. The van der Waals surface area contributed by atoms with Crippen molar-refractivity contribution in [3.63, 3.8) is 0 Å². The smallest absolute Gasteiger partial charge is 0.138 e. The second-order valence-electron chi connectivity index (χ2n) is 5.47. The van der Waals surface area contributed by atoms with E-state index in [9.17, 15) is 5.11 Å². The zero-order valence-electron chi connectivity index (χ0n) is 11.9. The van der Waals surface area contributed by atoms with Crippen molar-refractivity contribution in [2.45, 2.75) is 57.3 Å². The Kier molecular flexibility index (Phi) is 4.42. The Labute approximate surface area is 114 Å². The SMILES string of the molecule is COC1CCCCC1(O)c1cncc(OC(C)C)c1. The minimum atomic E-state index is -0.948. The quantitative estimate of drug-likeness (QED) is 0.909. The van der Waals surface area contributed by atoms with Crippen molar-refractivity contribution in [3.05, 3.63) is 24.0 Å². The number of hydrogen-bond donors (Lipinski definition) is 1. The normalized spacial score (nSPS) is 27.5. The molecular weight excluding hydrogens is 242 g/mol. The first-order chi connectivity index (χ1) is 9.06. The highest BCUT2D eigenvalue weighted by molar-refractivity contribution is 5.29. The molecule has 0 amide bonds. The number of methoxy groups -OCH3 is 1. The van der Waals surface area contributed by atoms with Crippen molar-refractivity contribution < 1.29 is 14.6 Å². The number of pyridine rings is 1. The van der Waals surface area contributed by atoms with Gasteiger partial charge in [0.1, 0.15) is 11.4 Å². The van der Waals surface area contributed by atoms with Crippen LogP contribution in [0.25, 0.3) is 0 Å². The molecule has 2 unspecified atom stereocenters. The maximum Gasteiger partial charge on any atom is 0.138 e. The Morgan fingerprint density at radius 2 is 2.16 bits per heavy atom. The van der Waals surface area contributed by atoms with E-state index in [1.54, 1.807) is 19.5 Å². The molecule has 2 rings (SSSR count). The maximum absolute atomic E-state index is 10.9. The number of hydrogen-bond acceptors (Lipinski definition) is 4. The minimum absolute atomic E-state index is 0.0938. The van der Waals surface area contributed by atoms with Crippen LogP contribution in [0, 0.1) is 0 Å². The molecule has 0 aromatic carbocycles. The van der Waals surface area contributed by atoms with E-state index in [1.165, 1.54) is 0 Å². The summed E-state index contributed by atoms with van der Waals surface area (Å²) in [6.45, 7) is 3.94. The summed E-state index contributed by atoms with van der Waals surface area (Å²) in [6, 6.07) is 1.88. The first kappa shape index (κ1) is 14.3. The minimum Gasteiger partial charge on any atom is -0.489 e. The van der Waals surface area contributed by atoms with E-state index >= 15 is 0 Å². The third kappa shape index (κ3) is 3.07. The summed E-state index contributed by atoms with van der Waals surface area (Å²) < 4.78 is 11.1.